The van der Waals surface area contributed by atoms with E-state index in [9.17, 15) is 4.79 Å². The van der Waals surface area contributed by atoms with Gasteiger partial charge in [-0.3, -0.25) is 4.79 Å². The fourth-order valence-corrected chi connectivity index (χ4v) is 1.57. The molecule has 1 amide bonds. The first-order valence-electron chi connectivity index (χ1n) is 4.99. The Bertz CT molecular complexity index is 152. The monoisotopic (exact) mass is 169 g/mol. The van der Waals surface area contributed by atoms with Crippen LogP contribution in [0.1, 0.15) is 39.0 Å². The first kappa shape index (κ1) is 9.56. The van der Waals surface area contributed by atoms with E-state index in [1.165, 1.54) is 19.3 Å². The molecule has 0 aromatic rings. The van der Waals surface area contributed by atoms with E-state index in [1.807, 2.05) is 0 Å². The van der Waals surface area contributed by atoms with Gasteiger partial charge >= 0.3 is 0 Å². The number of nitrogens with one attached hydrogen (secondary N) is 1. The highest BCUT2D eigenvalue weighted by Crippen LogP contribution is 2.35. The summed E-state index contributed by atoms with van der Waals surface area (Å²) in [6.45, 7) is 2.09. The van der Waals surface area contributed by atoms with Crippen LogP contribution in [0.15, 0.2) is 0 Å². The average Bonchev–Trinajstić information content (AvgIpc) is 2.88. The summed E-state index contributed by atoms with van der Waals surface area (Å²) in [5.74, 6) is 1.43. The lowest BCUT2D eigenvalue weighted by molar-refractivity contribution is -0.124. The largest absolute Gasteiger partial charge is 0.359 e. The molecule has 1 saturated carbocycles. The molecule has 2 nitrogen and oxygen atoms in total. The Kier molecular flexibility index (Phi) is 3.57. The van der Waals surface area contributed by atoms with Crippen LogP contribution >= 0.6 is 0 Å². The van der Waals surface area contributed by atoms with Crippen LogP contribution in [0.5, 0.6) is 0 Å². The maximum Gasteiger partial charge on any atom is 0.222 e. The predicted molar refractivity (Wildman–Crippen MR) is 49.8 cm³/mol. The quantitative estimate of drug-likeness (QED) is 0.669. The molecule has 0 aromatic carbocycles. The Morgan fingerprint density at radius 1 is 1.58 bits per heavy atom. The SMILES string of the molecule is CCC(CCC1CC1)C(=O)NC. The summed E-state index contributed by atoms with van der Waals surface area (Å²) >= 11 is 0. The highest BCUT2D eigenvalue weighted by Gasteiger charge is 2.23. The minimum atomic E-state index is 0.221. The van der Waals surface area contributed by atoms with Crippen molar-refractivity contribution in [2.75, 3.05) is 7.05 Å². The third kappa shape index (κ3) is 2.84. The molecule has 1 N–H and O–H groups in total. The molecule has 1 atom stereocenters. The van der Waals surface area contributed by atoms with Crippen LogP contribution in [-0.4, -0.2) is 13.0 Å². The van der Waals surface area contributed by atoms with Crippen LogP contribution in [0, 0.1) is 11.8 Å². The molecular weight excluding hydrogens is 150 g/mol. The lowest BCUT2D eigenvalue weighted by Gasteiger charge is -2.11. The van der Waals surface area contributed by atoms with Gasteiger partial charge < -0.3 is 5.32 Å². The maximum atomic E-state index is 11.3. The highest BCUT2D eigenvalue weighted by atomic mass is 16.1. The van der Waals surface area contributed by atoms with Crippen molar-refractivity contribution in [2.24, 2.45) is 11.8 Å². The Morgan fingerprint density at radius 3 is 2.67 bits per heavy atom. The third-order valence-corrected chi connectivity index (χ3v) is 2.73. The van der Waals surface area contributed by atoms with Gasteiger partial charge in [0.15, 0.2) is 0 Å². The number of rotatable bonds is 5. The van der Waals surface area contributed by atoms with Crippen molar-refractivity contribution in [1.29, 1.82) is 0 Å². The van der Waals surface area contributed by atoms with Crippen molar-refractivity contribution >= 4 is 5.91 Å². The number of carbonyl (C=O) groups excluding carboxylic acids is 1. The first-order chi connectivity index (χ1) is 5.77. The third-order valence-electron chi connectivity index (χ3n) is 2.73. The molecule has 70 valence electrons. The van der Waals surface area contributed by atoms with Crippen LogP contribution in [0.3, 0.4) is 0 Å². The number of carbonyl (C=O) groups is 1. The van der Waals surface area contributed by atoms with E-state index in [1.54, 1.807) is 7.05 Å². The summed E-state index contributed by atoms with van der Waals surface area (Å²) in [6, 6.07) is 0. The number of hydrogen-bond donors (Lipinski definition) is 1. The van der Waals surface area contributed by atoms with E-state index in [2.05, 4.69) is 12.2 Å². The Labute approximate surface area is 74.7 Å². The van der Waals surface area contributed by atoms with Crippen molar-refractivity contribution in [2.45, 2.75) is 39.0 Å². The molecule has 0 aliphatic heterocycles. The molecule has 1 unspecified atom stereocenters. The van der Waals surface area contributed by atoms with E-state index in [0.29, 0.717) is 0 Å². The van der Waals surface area contributed by atoms with Gasteiger partial charge in [0.25, 0.3) is 0 Å². The van der Waals surface area contributed by atoms with Crippen molar-refractivity contribution in [3.8, 4) is 0 Å². The normalized spacial score (nSPS) is 18.8. The van der Waals surface area contributed by atoms with Crippen LogP contribution < -0.4 is 5.32 Å². The topological polar surface area (TPSA) is 29.1 Å². The summed E-state index contributed by atoms with van der Waals surface area (Å²) in [5, 5.41) is 2.72. The minimum Gasteiger partial charge on any atom is -0.359 e. The second kappa shape index (κ2) is 4.48. The molecule has 0 radical (unpaired) electrons. The first-order valence-corrected chi connectivity index (χ1v) is 4.99. The highest BCUT2D eigenvalue weighted by molar-refractivity contribution is 5.78. The molecule has 1 aliphatic carbocycles. The van der Waals surface area contributed by atoms with Gasteiger partial charge in [0.1, 0.15) is 0 Å². The van der Waals surface area contributed by atoms with Gasteiger partial charge in [0.05, 0.1) is 0 Å². The standard InChI is InChI=1S/C10H19NO/c1-3-9(10(12)11-2)7-6-8-4-5-8/h8-9H,3-7H2,1-2H3,(H,11,12). The zero-order valence-electron chi connectivity index (χ0n) is 8.10. The van der Waals surface area contributed by atoms with E-state index in [0.717, 1.165) is 18.8 Å². The van der Waals surface area contributed by atoms with Crippen LogP contribution in [0.2, 0.25) is 0 Å². The van der Waals surface area contributed by atoms with Crippen molar-refractivity contribution < 1.29 is 4.79 Å². The van der Waals surface area contributed by atoms with Gasteiger partial charge in [0, 0.05) is 13.0 Å². The van der Waals surface area contributed by atoms with E-state index in [-0.39, 0.29) is 11.8 Å². The molecule has 1 rings (SSSR count). The minimum absolute atomic E-state index is 0.221. The summed E-state index contributed by atoms with van der Waals surface area (Å²) < 4.78 is 0. The molecule has 0 bridgehead atoms. The van der Waals surface area contributed by atoms with Crippen molar-refractivity contribution in [3.05, 3.63) is 0 Å². The summed E-state index contributed by atoms with van der Waals surface area (Å²) in [6.07, 6.45) is 6.10. The van der Waals surface area contributed by atoms with Gasteiger partial charge in [-0.25, -0.2) is 0 Å². The van der Waals surface area contributed by atoms with E-state index in [4.69, 9.17) is 0 Å². The summed E-state index contributed by atoms with van der Waals surface area (Å²) in [7, 11) is 1.72. The molecule has 0 heterocycles. The Balaban J connectivity index is 2.18. The van der Waals surface area contributed by atoms with Crippen molar-refractivity contribution in [1.82, 2.24) is 5.32 Å². The van der Waals surface area contributed by atoms with Gasteiger partial charge in [-0.05, 0) is 25.2 Å². The molecule has 12 heavy (non-hydrogen) atoms. The van der Waals surface area contributed by atoms with E-state index >= 15 is 0 Å². The Hall–Kier alpha value is -0.530. The fourth-order valence-electron chi connectivity index (χ4n) is 1.57. The van der Waals surface area contributed by atoms with Crippen LogP contribution in [0.4, 0.5) is 0 Å². The zero-order valence-corrected chi connectivity index (χ0v) is 8.10. The zero-order chi connectivity index (χ0) is 8.97. The van der Waals surface area contributed by atoms with Crippen LogP contribution in [0.25, 0.3) is 0 Å². The fraction of sp³-hybridized carbons (Fsp3) is 0.900. The lowest BCUT2D eigenvalue weighted by atomic mass is 9.98. The van der Waals surface area contributed by atoms with Crippen molar-refractivity contribution in [3.63, 3.8) is 0 Å². The van der Waals surface area contributed by atoms with Gasteiger partial charge in [-0.15, -0.1) is 0 Å². The molecule has 0 saturated heterocycles. The molecule has 2 heteroatoms. The molecule has 1 aliphatic rings. The van der Waals surface area contributed by atoms with Gasteiger partial charge in [-0.1, -0.05) is 19.8 Å². The summed E-state index contributed by atoms with van der Waals surface area (Å²) in [4.78, 5) is 11.3. The summed E-state index contributed by atoms with van der Waals surface area (Å²) in [5.41, 5.74) is 0. The molecule has 0 aromatic heterocycles. The molecule has 1 fully saturated rings. The maximum absolute atomic E-state index is 11.3. The van der Waals surface area contributed by atoms with E-state index < -0.39 is 0 Å². The average molecular weight is 169 g/mol. The molecule has 0 spiro atoms. The van der Waals surface area contributed by atoms with Gasteiger partial charge in [0.2, 0.25) is 5.91 Å². The van der Waals surface area contributed by atoms with Gasteiger partial charge in [-0.2, -0.15) is 0 Å². The number of amides is 1. The predicted octanol–water partition coefficient (Wildman–Crippen LogP) is 1.95. The second-order valence-corrected chi connectivity index (χ2v) is 3.74. The van der Waals surface area contributed by atoms with Crippen LogP contribution in [-0.2, 0) is 4.79 Å². The number of hydrogen-bond acceptors (Lipinski definition) is 1. The lowest BCUT2D eigenvalue weighted by Crippen LogP contribution is -2.26. The smallest absolute Gasteiger partial charge is 0.222 e. The Morgan fingerprint density at radius 2 is 2.25 bits per heavy atom. The second-order valence-electron chi connectivity index (χ2n) is 3.74. The molecular formula is C10H19NO.